The van der Waals surface area contributed by atoms with E-state index in [1.807, 2.05) is 42.5 Å². The first-order chi connectivity index (χ1) is 14.0. The summed E-state index contributed by atoms with van der Waals surface area (Å²) >= 11 is 12.0. The fourth-order valence-electron chi connectivity index (χ4n) is 2.69. The summed E-state index contributed by atoms with van der Waals surface area (Å²) in [4.78, 5) is 14.9. The summed E-state index contributed by atoms with van der Waals surface area (Å²) in [7, 11) is 0. The van der Waals surface area contributed by atoms with E-state index in [-0.39, 0.29) is 6.42 Å². The quantitative estimate of drug-likeness (QED) is 0.445. The molecule has 0 unspecified atom stereocenters. The summed E-state index contributed by atoms with van der Waals surface area (Å²) in [5.74, 6) is 0.329. The van der Waals surface area contributed by atoms with Gasteiger partial charge in [-0.05, 0) is 54.3 Å². The van der Waals surface area contributed by atoms with Gasteiger partial charge in [0.05, 0.1) is 21.9 Å². The highest BCUT2D eigenvalue weighted by molar-refractivity contribution is 6.42. The zero-order valence-electron chi connectivity index (χ0n) is 15.6. The number of hydrogen-bond donors (Lipinski definition) is 2. The third kappa shape index (κ3) is 6.66. The first-order valence-electron chi connectivity index (χ1n) is 9.12. The zero-order valence-corrected chi connectivity index (χ0v) is 17.1. The molecule has 3 aromatic rings. The Morgan fingerprint density at radius 3 is 2.38 bits per heavy atom. The van der Waals surface area contributed by atoms with Crippen LogP contribution in [-0.4, -0.2) is 22.6 Å². The van der Waals surface area contributed by atoms with Crippen LogP contribution in [0.5, 0.6) is 11.6 Å². The number of nitrogens with zero attached hydrogens (tertiary/aromatic N) is 1. The number of hydrogen-bond acceptors (Lipinski definition) is 4. The Morgan fingerprint density at radius 2 is 1.72 bits per heavy atom. The molecule has 1 heterocycles. The fourth-order valence-corrected chi connectivity index (χ4v) is 3.01. The number of pyridine rings is 1. The monoisotopic (exact) mass is 430 g/mol. The number of rotatable bonds is 9. The van der Waals surface area contributed by atoms with Gasteiger partial charge in [-0.2, -0.15) is 0 Å². The first-order valence-corrected chi connectivity index (χ1v) is 9.87. The molecule has 0 amide bonds. The standard InChI is InChI=1S/C22H20Cl2N2O3/c23-19-8-3-16(13-20(19)24)11-12-25-17-5-9-21(26-14-17)29-18-6-1-15(2-7-18)4-10-22(27)28/h1-3,5-9,13-14,25H,4,10-12H2,(H,27,28). The zero-order chi connectivity index (χ0) is 20.6. The van der Waals surface area contributed by atoms with Crippen LogP contribution in [0.4, 0.5) is 5.69 Å². The molecule has 0 aliphatic heterocycles. The molecule has 0 fully saturated rings. The molecule has 7 heteroatoms. The highest BCUT2D eigenvalue weighted by Crippen LogP contribution is 2.23. The highest BCUT2D eigenvalue weighted by atomic mass is 35.5. The number of carboxylic acids is 1. The van der Waals surface area contributed by atoms with Crippen LogP contribution in [0.2, 0.25) is 10.0 Å². The molecule has 0 bridgehead atoms. The van der Waals surface area contributed by atoms with Gasteiger partial charge in [0.15, 0.2) is 0 Å². The molecule has 0 aliphatic rings. The molecule has 0 radical (unpaired) electrons. The van der Waals surface area contributed by atoms with Crippen molar-refractivity contribution in [1.29, 1.82) is 0 Å². The molecule has 1 aromatic heterocycles. The number of halogens is 2. The predicted octanol–water partition coefficient (Wildman–Crippen LogP) is 5.85. The molecule has 2 N–H and O–H groups in total. The second-order valence-electron chi connectivity index (χ2n) is 6.45. The maximum atomic E-state index is 10.6. The number of aromatic nitrogens is 1. The number of carboxylic acid groups (broad SMARTS) is 1. The van der Waals surface area contributed by atoms with E-state index in [2.05, 4.69) is 10.3 Å². The van der Waals surface area contributed by atoms with Crippen LogP contribution in [0.3, 0.4) is 0 Å². The van der Waals surface area contributed by atoms with Crippen molar-refractivity contribution in [3.05, 3.63) is 82.0 Å². The van der Waals surface area contributed by atoms with Crippen molar-refractivity contribution < 1.29 is 14.6 Å². The summed E-state index contributed by atoms with van der Waals surface area (Å²) in [5.41, 5.74) is 2.95. The lowest BCUT2D eigenvalue weighted by Gasteiger charge is -2.09. The van der Waals surface area contributed by atoms with Gasteiger partial charge in [-0.3, -0.25) is 4.79 Å². The average molecular weight is 431 g/mol. The summed E-state index contributed by atoms with van der Waals surface area (Å²) in [6.07, 6.45) is 3.13. The molecule has 2 aromatic carbocycles. The average Bonchev–Trinajstić information content (AvgIpc) is 2.71. The van der Waals surface area contributed by atoms with Crippen molar-refractivity contribution in [3.8, 4) is 11.6 Å². The lowest BCUT2D eigenvalue weighted by Crippen LogP contribution is -2.05. The molecule has 0 atom stereocenters. The van der Waals surface area contributed by atoms with Crippen LogP contribution in [0, 0.1) is 0 Å². The van der Waals surface area contributed by atoms with Crippen LogP contribution >= 0.6 is 23.2 Å². The molecule has 29 heavy (non-hydrogen) atoms. The van der Waals surface area contributed by atoms with Gasteiger partial charge >= 0.3 is 5.97 Å². The van der Waals surface area contributed by atoms with Crippen LogP contribution < -0.4 is 10.1 Å². The lowest BCUT2D eigenvalue weighted by atomic mass is 10.1. The number of anilines is 1. The number of ether oxygens (including phenoxy) is 1. The molecular weight excluding hydrogens is 411 g/mol. The third-order valence-electron chi connectivity index (χ3n) is 4.24. The Balaban J connectivity index is 1.48. The minimum absolute atomic E-state index is 0.112. The van der Waals surface area contributed by atoms with Gasteiger partial charge in [-0.15, -0.1) is 0 Å². The number of carbonyl (C=O) groups is 1. The topological polar surface area (TPSA) is 71.5 Å². The second-order valence-corrected chi connectivity index (χ2v) is 7.26. The Hall–Kier alpha value is -2.76. The maximum absolute atomic E-state index is 10.6. The molecule has 0 saturated carbocycles. The van der Waals surface area contributed by atoms with Gasteiger partial charge in [-0.25, -0.2) is 4.98 Å². The minimum atomic E-state index is -0.805. The fraction of sp³-hybridized carbons (Fsp3) is 0.182. The summed E-state index contributed by atoms with van der Waals surface area (Å²) in [5, 5.41) is 13.1. The van der Waals surface area contributed by atoms with Gasteiger partial charge in [0.1, 0.15) is 5.75 Å². The second kappa shape index (κ2) is 10.1. The van der Waals surface area contributed by atoms with E-state index in [1.54, 1.807) is 18.3 Å². The number of aliphatic carboxylic acids is 1. The summed E-state index contributed by atoms with van der Waals surface area (Å²) in [6.45, 7) is 0.734. The van der Waals surface area contributed by atoms with Crippen LogP contribution in [-0.2, 0) is 17.6 Å². The van der Waals surface area contributed by atoms with Crippen molar-refractivity contribution in [1.82, 2.24) is 4.98 Å². The smallest absolute Gasteiger partial charge is 0.303 e. The molecule has 5 nitrogen and oxygen atoms in total. The Labute approximate surface area is 179 Å². The molecule has 3 rings (SSSR count). The van der Waals surface area contributed by atoms with E-state index in [0.29, 0.717) is 28.1 Å². The molecular formula is C22H20Cl2N2O3. The minimum Gasteiger partial charge on any atom is -0.481 e. The number of nitrogens with one attached hydrogen (secondary N) is 1. The van der Waals surface area contributed by atoms with E-state index in [9.17, 15) is 4.79 Å². The Bertz CT molecular complexity index is 961. The van der Waals surface area contributed by atoms with Gasteiger partial charge in [-0.1, -0.05) is 41.4 Å². The van der Waals surface area contributed by atoms with E-state index >= 15 is 0 Å². The van der Waals surface area contributed by atoms with Crippen molar-refractivity contribution in [2.75, 3.05) is 11.9 Å². The summed E-state index contributed by atoms with van der Waals surface area (Å²) in [6, 6.07) is 16.6. The first kappa shape index (κ1) is 21.0. The molecule has 0 spiro atoms. The van der Waals surface area contributed by atoms with E-state index in [4.69, 9.17) is 33.0 Å². The summed E-state index contributed by atoms with van der Waals surface area (Å²) < 4.78 is 5.73. The van der Waals surface area contributed by atoms with Gasteiger partial charge in [0, 0.05) is 19.0 Å². The molecule has 150 valence electrons. The molecule has 0 saturated heterocycles. The van der Waals surface area contributed by atoms with Crippen LogP contribution in [0.15, 0.2) is 60.8 Å². The maximum Gasteiger partial charge on any atom is 0.303 e. The van der Waals surface area contributed by atoms with Gasteiger partial charge in [0.2, 0.25) is 5.88 Å². The lowest BCUT2D eigenvalue weighted by molar-refractivity contribution is -0.136. The Kier molecular flexibility index (Phi) is 7.33. The van der Waals surface area contributed by atoms with Gasteiger partial charge in [0.25, 0.3) is 0 Å². The van der Waals surface area contributed by atoms with Crippen LogP contribution in [0.1, 0.15) is 17.5 Å². The van der Waals surface area contributed by atoms with E-state index < -0.39 is 5.97 Å². The highest BCUT2D eigenvalue weighted by Gasteiger charge is 2.03. The predicted molar refractivity (Wildman–Crippen MR) is 115 cm³/mol. The van der Waals surface area contributed by atoms with Gasteiger partial charge < -0.3 is 15.2 Å². The van der Waals surface area contributed by atoms with Crippen LogP contribution in [0.25, 0.3) is 0 Å². The van der Waals surface area contributed by atoms with E-state index in [1.165, 1.54) is 0 Å². The normalized spacial score (nSPS) is 10.6. The Morgan fingerprint density at radius 1 is 0.966 bits per heavy atom. The molecule has 0 aliphatic carbocycles. The number of benzene rings is 2. The third-order valence-corrected chi connectivity index (χ3v) is 4.98. The van der Waals surface area contributed by atoms with Crippen molar-refractivity contribution >= 4 is 34.9 Å². The SMILES string of the molecule is O=C(O)CCc1ccc(Oc2ccc(NCCc3ccc(Cl)c(Cl)c3)cn2)cc1. The number of aryl methyl sites for hydroxylation is 1. The van der Waals surface area contributed by atoms with E-state index in [0.717, 1.165) is 29.8 Å². The van der Waals surface area contributed by atoms with Crippen molar-refractivity contribution in [2.45, 2.75) is 19.3 Å². The largest absolute Gasteiger partial charge is 0.481 e. The van der Waals surface area contributed by atoms with Crippen molar-refractivity contribution in [3.63, 3.8) is 0 Å². The van der Waals surface area contributed by atoms with Crippen molar-refractivity contribution in [2.24, 2.45) is 0 Å².